The predicted molar refractivity (Wildman–Crippen MR) is 83.0 cm³/mol. The van der Waals surface area contributed by atoms with E-state index >= 15 is 0 Å². The van der Waals surface area contributed by atoms with Crippen molar-refractivity contribution < 1.29 is 13.2 Å². The Morgan fingerprint density at radius 3 is 2.43 bits per heavy atom. The van der Waals surface area contributed by atoms with E-state index < -0.39 is 10.0 Å². The number of nitrogens with one attached hydrogen (secondary N) is 2. The molecule has 0 amide bonds. The highest BCUT2D eigenvalue weighted by atomic mass is 32.2. The fraction of sp³-hybridized carbons (Fsp3) is 0.571. The Balaban J connectivity index is 1.95. The molecule has 0 spiro atoms. The minimum Gasteiger partial charge on any atom is -0.388 e. The molecule has 6 nitrogen and oxygen atoms in total. The molecule has 7 heteroatoms. The van der Waals surface area contributed by atoms with E-state index in [4.69, 9.17) is 4.74 Å². The zero-order valence-electron chi connectivity index (χ0n) is 12.5. The molecule has 1 aliphatic rings. The lowest BCUT2D eigenvalue weighted by Crippen LogP contribution is -2.45. The van der Waals surface area contributed by atoms with Crippen LogP contribution in [0.25, 0.3) is 0 Å². The molecule has 0 aromatic heterocycles. The van der Waals surface area contributed by atoms with Crippen molar-refractivity contribution in [2.24, 2.45) is 0 Å². The molecule has 2 N–H and O–H groups in total. The van der Waals surface area contributed by atoms with Crippen molar-refractivity contribution in [1.29, 1.82) is 0 Å². The number of ether oxygens (including phenoxy) is 1. The first-order valence-electron chi connectivity index (χ1n) is 7.11. The van der Waals surface area contributed by atoms with E-state index in [1.54, 1.807) is 31.3 Å². The Labute approximate surface area is 126 Å². The predicted octanol–water partition coefficient (Wildman–Crippen LogP) is 0.727. The van der Waals surface area contributed by atoms with Gasteiger partial charge in [0.25, 0.3) is 0 Å². The first-order chi connectivity index (χ1) is 10.0. The summed E-state index contributed by atoms with van der Waals surface area (Å²) >= 11 is 0. The molecule has 0 radical (unpaired) electrons. The molecule has 1 aromatic rings. The van der Waals surface area contributed by atoms with Crippen LogP contribution in [0.2, 0.25) is 0 Å². The molecular weight excluding hydrogens is 290 g/mol. The molecule has 0 saturated carbocycles. The first-order valence-corrected chi connectivity index (χ1v) is 8.60. The lowest BCUT2D eigenvalue weighted by atomic mass is 10.3. The van der Waals surface area contributed by atoms with Gasteiger partial charge in [0.05, 0.1) is 18.1 Å². The van der Waals surface area contributed by atoms with E-state index in [0.29, 0.717) is 19.8 Å². The van der Waals surface area contributed by atoms with Crippen LogP contribution < -0.4 is 10.0 Å². The fourth-order valence-electron chi connectivity index (χ4n) is 2.34. The van der Waals surface area contributed by atoms with E-state index in [9.17, 15) is 8.42 Å². The second-order valence-electron chi connectivity index (χ2n) is 5.21. The molecule has 21 heavy (non-hydrogen) atoms. The van der Waals surface area contributed by atoms with E-state index in [1.165, 1.54) is 0 Å². The number of morpholine rings is 1. The van der Waals surface area contributed by atoms with Gasteiger partial charge in [-0.25, -0.2) is 13.1 Å². The number of anilines is 1. The Hall–Kier alpha value is -1.15. The lowest BCUT2D eigenvalue weighted by Gasteiger charge is -2.29. The number of hydrogen-bond acceptors (Lipinski definition) is 5. The largest absolute Gasteiger partial charge is 0.388 e. The molecule has 1 aliphatic heterocycles. The molecule has 0 bridgehead atoms. The van der Waals surface area contributed by atoms with Gasteiger partial charge < -0.3 is 10.1 Å². The van der Waals surface area contributed by atoms with Gasteiger partial charge in [0.1, 0.15) is 0 Å². The summed E-state index contributed by atoms with van der Waals surface area (Å²) in [6.45, 7) is 5.70. The first kappa shape index (κ1) is 16.2. The van der Waals surface area contributed by atoms with Crippen LogP contribution in [-0.2, 0) is 14.8 Å². The monoisotopic (exact) mass is 313 g/mol. The van der Waals surface area contributed by atoms with Crippen LogP contribution in [0.15, 0.2) is 29.2 Å². The van der Waals surface area contributed by atoms with Crippen LogP contribution in [0.5, 0.6) is 0 Å². The quantitative estimate of drug-likeness (QED) is 0.810. The molecular formula is C14H23N3O3S. The van der Waals surface area contributed by atoms with Gasteiger partial charge in [-0.05, 0) is 31.2 Å². The van der Waals surface area contributed by atoms with Gasteiger partial charge in [-0.2, -0.15) is 0 Å². The van der Waals surface area contributed by atoms with Gasteiger partial charge in [-0.1, -0.05) is 0 Å². The molecule has 1 saturated heterocycles. The Kier molecular flexibility index (Phi) is 5.58. The van der Waals surface area contributed by atoms with Gasteiger partial charge in [0.15, 0.2) is 0 Å². The fourth-order valence-corrected chi connectivity index (χ4v) is 3.58. The standard InChI is InChI=1S/C14H23N3O3S/c1-12(11-17-7-9-20-10-8-17)16-21(18,19)14-5-3-13(15-2)4-6-14/h3-6,12,15-16H,7-11H2,1-2H3. The van der Waals surface area contributed by atoms with Gasteiger partial charge >= 0.3 is 0 Å². The Morgan fingerprint density at radius 2 is 1.86 bits per heavy atom. The van der Waals surface area contributed by atoms with Crippen molar-refractivity contribution in [3.63, 3.8) is 0 Å². The van der Waals surface area contributed by atoms with Crippen LogP contribution in [0.3, 0.4) is 0 Å². The summed E-state index contributed by atoms with van der Waals surface area (Å²) in [5, 5.41) is 2.97. The van der Waals surface area contributed by atoms with Gasteiger partial charge in [-0.3, -0.25) is 4.90 Å². The number of benzene rings is 1. The Bertz CT molecular complexity index is 539. The summed E-state index contributed by atoms with van der Waals surface area (Å²) in [5.74, 6) is 0. The highest BCUT2D eigenvalue weighted by Gasteiger charge is 2.20. The van der Waals surface area contributed by atoms with Crippen molar-refractivity contribution in [1.82, 2.24) is 9.62 Å². The third-order valence-corrected chi connectivity index (χ3v) is 5.05. The molecule has 0 aliphatic carbocycles. The number of sulfonamides is 1. The zero-order valence-corrected chi connectivity index (χ0v) is 13.3. The Morgan fingerprint density at radius 1 is 1.24 bits per heavy atom. The van der Waals surface area contributed by atoms with Crippen LogP contribution in [-0.4, -0.2) is 59.3 Å². The van der Waals surface area contributed by atoms with E-state index in [-0.39, 0.29) is 10.9 Å². The van der Waals surface area contributed by atoms with E-state index in [0.717, 1.165) is 18.8 Å². The average Bonchev–Trinajstić information content (AvgIpc) is 2.47. The van der Waals surface area contributed by atoms with Gasteiger partial charge in [-0.15, -0.1) is 0 Å². The molecule has 118 valence electrons. The lowest BCUT2D eigenvalue weighted by molar-refractivity contribution is 0.0354. The maximum atomic E-state index is 12.3. The third-order valence-electron chi connectivity index (χ3n) is 3.45. The molecule has 1 fully saturated rings. The molecule has 1 aromatic carbocycles. The average molecular weight is 313 g/mol. The topological polar surface area (TPSA) is 70.7 Å². The summed E-state index contributed by atoms with van der Waals surface area (Å²) in [4.78, 5) is 2.50. The number of hydrogen-bond donors (Lipinski definition) is 2. The van der Waals surface area contributed by atoms with Crippen molar-refractivity contribution in [3.8, 4) is 0 Å². The van der Waals surface area contributed by atoms with Crippen LogP contribution in [0, 0.1) is 0 Å². The van der Waals surface area contributed by atoms with E-state index in [2.05, 4.69) is 14.9 Å². The van der Waals surface area contributed by atoms with Crippen LogP contribution in [0.1, 0.15) is 6.92 Å². The molecule has 1 unspecified atom stereocenters. The van der Waals surface area contributed by atoms with Crippen LogP contribution in [0.4, 0.5) is 5.69 Å². The minimum absolute atomic E-state index is 0.142. The van der Waals surface area contributed by atoms with E-state index in [1.807, 2.05) is 6.92 Å². The SMILES string of the molecule is CNc1ccc(S(=O)(=O)NC(C)CN2CCOCC2)cc1. The van der Waals surface area contributed by atoms with Crippen molar-refractivity contribution in [3.05, 3.63) is 24.3 Å². The summed E-state index contributed by atoms with van der Waals surface area (Å²) in [6, 6.07) is 6.57. The van der Waals surface area contributed by atoms with Crippen molar-refractivity contribution in [2.75, 3.05) is 45.2 Å². The summed E-state index contributed by atoms with van der Waals surface area (Å²) in [5.41, 5.74) is 0.885. The summed E-state index contributed by atoms with van der Waals surface area (Å²) in [7, 11) is -1.67. The minimum atomic E-state index is -3.47. The highest BCUT2D eigenvalue weighted by molar-refractivity contribution is 7.89. The maximum Gasteiger partial charge on any atom is 0.240 e. The van der Waals surface area contributed by atoms with Gasteiger partial charge in [0.2, 0.25) is 10.0 Å². The van der Waals surface area contributed by atoms with Crippen molar-refractivity contribution >= 4 is 15.7 Å². The molecule has 1 atom stereocenters. The number of rotatable bonds is 6. The normalized spacial score (nSPS) is 18.4. The second kappa shape index (κ2) is 7.22. The zero-order chi connectivity index (χ0) is 15.3. The molecule has 2 rings (SSSR count). The second-order valence-corrected chi connectivity index (χ2v) is 6.92. The smallest absolute Gasteiger partial charge is 0.240 e. The van der Waals surface area contributed by atoms with Crippen molar-refractivity contribution in [2.45, 2.75) is 17.9 Å². The van der Waals surface area contributed by atoms with Gasteiger partial charge in [0, 0.05) is 38.4 Å². The highest BCUT2D eigenvalue weighted by Crippen LogP contribution is 2.14. The third kappa shape index (κ3) is 4.67. The number of nitrogens with zero attached hydrogens (tertiary/aromatic N) is 1. The van der Waals surface area contributed by atoms with Crippen LogP contribution >= 0.6 is 0 Å². The summed E-state index contributed by atoms with van der Waals surface area (Å²) in [6.07, 6.45) is 0. The maximum absolute atomic E-state index is 12.3. The molecule has 1 heterocycles. The summed E-state index contributed by atoms with van der Waals surface area (Å²) < 4.78 is 32.6.